The van der Waals surface area contributed by atoms with Crippen LogP contribution in [-0.2, 0) is 24.0 Å². The van der Waals surface area contributed by atoms with Crippen molar-refractivity contribution in [1.29, 1.82) is 0 Å². The largest absolute Gasteiger partial charge is 0.507 e. The third-order valence-corrected chi connectivity index (χ3v) is 11.3. The number of halogens is 7. The highest BCUT2D eigenvalue weighted by molar-refractivity contribution is 6.58. The summed E-state index contributed by atoms with van der Waals surface area (Å²) in [5.41, 5.74) is -0.869. The Morgan fingerprint density at radius 1 is 0.896 bits per heavy atom. The Balaban J connectivity index is 1.55. The van der Waals surface area contributed by atoms with E-state index in [0.29, 0.717) is 0 Å². The Bertz CT molecular complexity index is 1850. The zero-order valence-corrected chi connectivity index (χ0v) is 26.6. The number of hydrogen-bond donors (Lipinski definition) is 2. The number of rotatable bonds is 6. The van der Waals surface area contributed by atoms with Gasteiger partial charge in [-0.1, -0.05) is 23.8 Å². The summed E-state index contributed by atoms with van der Waals surface area (Å²) in [4.78, 5) is 62.1. The molecule has 6 rings (SSSR count). The Morgan fingerprint density at radius 3 is 2.02 bits per heavy atom. The molecule has 3 fully saturated rings. The first kappa shape index (κ1) is 33.8. The number of imide groups is 2. The number of fused-ring (bicyclic) bond motifs is 4. The quantitative estimate of drug-likeness (QED) is 0.106. The number of amides is 4. The average molecular weight is 715 g/mol. The number of carbonyl (C=O) groups is 5. The molecule has 48 heavy (non-hydrogen) atoms. The van der Waals surface area contributed by atoms with Crippen LogP contribution in [0.25, 0.3) is 0 Å². The summed E-state index contributed by atoms with van der Waals surface area (Å²) < 4.78 is 73.0. The van der Waals surface area contributed by atoms with Crippen LogP contribution in [0.4, 0.5) is 27.6 Å². The monoisotopic (exact) mass is 714 g/mol. The van der Waals surface area contributed by atoms with Crippen molar-refractivity contribution in [3.05, 3.63) is 69.6 Å². The number of phenolic OH excluding ortho intramolecular Hbond substituents is 1. The maximum absolute atomic E-state index is 15.1. The number of benzene rings is 2. The smallest absolute Gasteiger partial charge is 0.303 e. The van der Waals surface area contributed by atoms with Gasteiger partial charge in [-0.25, -0.2) is 26.9 Å². The van der Waals surface area contributed by atoms with Crippen LogP contribution in [0.5, 0.6) is 5.75 Å². The molecule has 254 valence electrons. The van der Waals surface area contributed by atoms with Crippen LogP contribution >= 0.6 is 23.2 Å². The molecule has 4 aliphatic rings. The van der Waals surface area contributed by atoms with Gasteiger partial charge >= 0.3 is 5.97 Å². The van der Waals surface area contributed by atoms with Crippen molar-refractivity contribution in [3.8, 4) is 5.75 Å². The highest BCUT2D eigenvalue weighted by Gasteiger charge is 2.77. The predicted molar refractivity (Wildman–Crippen MR) is 158 cm³/mol. The Morgan fingerprint density at radius 2 is 1.46 bits per heavy atom. The summed E-state index contributed by atoms with van der Waals surface area (Å²) >= 11 is 14.2. The minimum atomic E-state index is -2.68. The highest BCUT2D eigenvalue weighted by atomic mass is 35.5. The number of alkyl halides is 2. The van der Waals surface area contributed by atoms with Crippen LogP contribution < -0.4 is 4.90 Å². The fourth-order valence-corrected chi connectivity index (χ4v) is 8.71. The van der Waals surface area contributed by atoms with Gasteiger partial charge in [-0.2, -0.15) is 0 Å². The van der Waals surface area contributed by atoms with Gasteiger partial charge in [-0.3, -0.25) is 28.9 Å². The molecule has 2 aliphatic heterocycles. The average Bonchev–Trinajstić information content (AvgIpc) is 3.35. The number of carboxylic acid groups (broad SMARTS) is 1. The molecule has 0 spiro atoms. The summed E-state index contributed by atoms with van der Waals surface area (Å²) in [6.45, 7) is 2.82. The van der Waals surface area contributed by atoms with Crippen molar-refractivity contribution in [3.63, 3.8) is 0 Å². The summed E-state index contributed by atoms with van der Waals surface area (Å²) in [6, 6.07) is 2.84. The molecule has 0 bridgehead atoms. The third-order valence-electron chi connectivity index (χ3n) is 9.93. The molecule has 0 radical (unpaired) electrons. The SMILES string of the molecule is Cc1cc(C2C3=CCC4C(=O)N(CCCC(=O)O)C(=O)C4C3CC3(Cl)C(=O)N(c4c(F)c(F)c(F)c(F)c4F)C(=O)C23Cl)cc(C)c1O. The van der Waals surface area contributed by atoms with Crippen LogP contribution in [0.3, 0.4) is 0 Å². The fourth-order valence-electron chi connectivity index (χ4n) is 7.77. The number of likely N-dealkylation sites (tertiary alicyclic amines) is 1. The Kier molecular flexibility index (Phi) is 7.94. The van der Waals surface area contributed by atoms with Crippen molar-refractivity contribution in [1.82, 2.24) is 4.90 Å². The lowest BCUT2D eigenvalue weighted by Gasteiger charge is -2.50. The number of carbonyl (C=O) groups excluding carboxylic acids is 4. The number of aliphatic carboxylic acids is 1. The topological polar surface area (TPSA) is 132 Å². The van der Waals surface area contributed by atoms with Gasteiger partial charge in [0.15, 0.2) is 33.0 Å². The maximum Gasteiger partial charge on any atom is 0.303 e. The molecule has 0 aromatic heterocycles. The molecule has 2 heterocycles. The van der Waals surface area contributed by atoms with Gasteiger partial charge in [0.25, 0.3) is 11.8 Å². The number of hydrogen-bond acceptors (Lipinski definition) is 6. The van der Waals surface area contributed by atoms with E-state index in [1.54, 1.807) is 6.08 Å². The number of nitrogens with zero attached hydrogens (tertiary/aromatic N) is 2. The maximum atomic E-state index is 15.1. The molecule has 4 amide bonds. The summed E-state index contributed by atoms with van der Waals surface area (Å²) in [6.07, 6.45) is 0.481. The first-order chi connectivity index (χ1) is 22.4. The molecule has 6 atom stereocenters. The van der Waals surface area contributed by atoms with E-state index in [9.17, 15) is 42.3 Å². The zero-order valence-electron chi connectivity index (χ0n) is 25.1. The highest BCUT2D eigenvalue weighted by Crippen LogP contribution is 2.66. The van der Waals surface area contributed by atoms with Crippen LogP contribution in [0, 0.1) is 60.7 Å². The summed E-state index contributed by atoms with van der Waals surface area (Å²) in [5, 5.41) is 19.5. The van der Waals surface area contributed by atoms with E-state index in [1.807, 2.05) is 0 Å². The van der Waals surface area contributed by atoms with Crippen molar-refractivity contribution >= 4 is 58.5 Å². The molecular formula is C32H25Cl2F5N2O7. The van der Waals surface area contributed by atoms with E-state index in [0.717, 1.165) is 4.90 Å². The van der Waals surface area contributed by atoms with Crippen LogP contribution in [-0.4, -0.2) is 61.0 Å². The second-order valence-corrected chi connectivity index (χ2v) is 13.8. The first-order valence-electron chi connectivity index (χ1n) is 14.7. The van der Waals surface area contributed by atoms with E-state index in [-0.39, 0.29) is 58.7 Å². The van der Waals surface area contributed by atoms with Gasteiger partial charge in [0.1, 0.15) is 11.4 Å². The molecule has 2 aromatic rings. The molecule has 2 N–H and O–H groups in total. The lowest BCUT2D eigenvalue weighted by Crippen LogP contribution is -2.60. The normalized spacial score (nSPS) is 29.6. The zero-order chi connectivity index (χ0) is 35.4. The standard InChI is InChI=1S/C32H25Cl2F5N2O7/c1-11-8-13(9-12(2)26(11)44)19-14-5-6-15-18(28(46)40(27(15)45)7-3-4-17(42)43)16(14)10-31(33)29(47)41(30(48)32(19,31)34)25-23(38)21(36)20(35)22(37)24(25)39/h5,8-9,15-16,18-19,44H,3-4,6-7,10H2,1-2H3,(H,42,43). The van der Waals surface area contributed by atoms with E-state index < -0.39 is 104 Å². The molecule has 16 heteroatoms. The minimum absolute atomic E-state index is 0.0417. The van der Waals surface area contributed by atoms with Gasteiger partial charge in [0.2, 0.25) is 17.6 Å². The fraction of sp³-hybridized carbons (Fsp3) is 0.406. The minimum Gasteiger partial charge on any atom is -0.507 e. The van der Waals surface area contributed by atoms with Gasteiger partial charge < -0.3 is 10.2 Å². The van der Waals surface area contributed by atoms with E-state index in [2.05, 4.69) is 0 Å². The van der Waals surface area contributed by atoms with Gasteiger partial charge in [-0.05, 0) is 55.7 Å². The number of phenols is 1. The van der Waals surface area contributed by atoms with Gasteiger partial charge in [-0.15, -0.1) is 23.2 Å². The van der Waals surface area contributed by atoms with Crippen molar-refractivity contribution in [2.75, 3.05) is 11.4 Å². The number of carboxylic acids is 1. The lowest BCUT2D eigenvalue weighted by molar-refractivity contribution is -0.142. The number of aromatic hydroxyl groups is 1. The number of anilines is 1. The van der Waals surface area contributed by atoms with Gasteiger partial charge in [0, 0.05) is 18.9 Å². The second-order valence-electron chi connectivity index (χ2n) is 12.5. The van der Waals surface area contributed by atoms with Crippen molar-refractivity contribution in [2.24, 2.45) is 17.8 Å². The lowest BCUT2D eigenvalue weighted by atomic mass is 9.56. The molecule has 2 aliphatic carbocycles. The summed E-state index contributed by atoms with van der Waals surface area (Å²) in [7, 11) is 0. The third kappa shape index (κ3) is 4.37. The molecule has 6 unspecified atom stereocenters. The Hall–Kier alpha value is -4.04. The van der Waals surface area contributed by atoms with Gasteiger partial charge in [0.05, 0.1) is 11.8 Å². The first-order valence-corrected chi connectivity index (χ1v) is 15.5. The van der Waals surface area contributed by atoms with E-state index in [4.69, 9.17) is 28.3 Å². The molecule has 9 nitrogen and oxygen atoms in total. The number of aryl methyl sites for hydroxylation is 2. The van der Waals surface area contributed by atoms with Crippen molar-refractivity contribution < 1.29 is 56.1 Å². The second kappa shape index (κ2) is 11.3. The van der Waals surface area contributed by atoms with E-state index >= 15 is 8.78 Å². The number of allylic oxidation sites excluding steroid dienone is 2. The molecule has 2 aromatic carbocycles. The molecule has 1 saturated carbocycles. The molecule has 2 saturated heterocycles. The van der Waals surface area contributed by atoms with Crippen LogP contribution in [0.15, 0.2) is 23.8 Å². The van der Waals surface area contributed by atoms with Crippen LogP contribution in [0.1, 0.15) is 48.3 Å². The Labute approximate surface area is 278 Å². The van der Waals surface area contributed by atoms with Crippen LogP contribution in [0.2, 0.25) is 0 Å². The van der Waals surface area contributed by atoms with Crippen molar-refractivity contribution in [2.45, 2.75) is 55.2 Å². The predicted octanol–water partition coefficient (Wildman–Crippen LogP) is 5.13. The molecular weight excluding hydrogens is 690 g/mol. The summed E-state index contributed by atoms with van der Waals surface area (Å²) in [5.74, 6) is -22.8. The van der Waals surface area contributed by atoms with E-state index in [1.165, 1.54) is 26.0 Å².